The minimum absolute atomic E-state index is 0.229. The lowest BCUT2D eigenvalue weighted by Gasteiger charge is -2.18. The Labute approximate surface area is 195 Å². The summed E-state index contributed by atoms with van der Waals surface area (Å²) in [5.41, 5.74) is 3.90. The summed E-state index contributed by atoms with van der Waals surface area (Å²) >= 11 is 1.46. The monoisotopic (exact) mass is 455 g/mol. The van der Waals surface area contributed by atoms with Crippen molar-refractivity contribution in [3.8, 4) is 17.1 Å². The average molecular weight is 456 g/mol. The summed E-state index contributed by atoms with van der Waals surface area (Å²) in [6, 6.07) is 25.0. The third kappa shape index (κ3) is 4.10. The van der Waals surface area contributed by atoms with E-state index in [4.69, 9.17) is 14.2 Å². The van der Waals surface area contributed by atoms with Crippen LogP contribution in [-0.2, 0) is 6.54 Å². The highest BCUT2D eigenvalue weighted by Crippen LogP contribution is 2.37. The van der Waals surface area contributed by atoms with Gasteiger partial charge >= 0.3 is 0 Å². The molecule has 0 fully saturated rings. The fourth-order valence-electron chi connectivity index (χ4n) is 3.62. The lowest BCUT2D eigenvalue weighted by molar-refractivity contribution is 0.0976. The second-order valence-electron chi connectivity index (χ2n) is 7.58. The number of amides is 1. The molecule has 0 bridgehead atoms. The van der Waals surface area contributed by atoms with Gasteiger partial charge in [0.15, 0.2) is 16.6 Å². The van der Waals surface area contributed by atoms with Crippen LogP contribution in [-0.4, -0.2) is 23.2 Å². The van der Waals surface area contributed by atoms with Crippen molar-refractivity contribution in [1.82, 2.24) is 10.1 Å². The number of carbonyl (C=O) groups is 1. The summed E-state index contributed by atoms with van der Waals surface area (Å²) < 4.78 is 12.0. The molecule has 2 aromatic heterocycles. The van der Waals surface area contributed by atoms with Gasteiger partial charge in [-0.15, -0.1) is 0 Å². The molecule has 0 N–H and O–H groups in total. The number of hydrogen-bond donors (Lipinski definition) is 0. The second kappa shape index (κ2) is 8.88. The topological polar surface area (TPSA) is 68.5 Å². The van der Waals surface area contributed by atoms with Gasteiger partial charge in [0.25, 0.3) is 5.91 Å². The summed E-state index contributed by atoms with van der Waals surface area (Å²) in [4.78, 5) is 20.1. The molecule has 0 radical (unpaired) electrons. The Bertz CT molecular complexity index is 1410. The van der Waals surface area contributed by atoms with Crippen LogP contribution >= 0.6 is 11.3 Å². The smallest absolute Gasteiger partial charge is 0.282 e. The molecule has 3 aromatic carbocycles. The van der Waals surface area contributed by atoms with Crippen LogP contribution in [0.3, 0.4) is 0 Å². The Morgan fingerprint density at radius 2 is 1.76 bits per heavy atom. The highest BCUT2D eigenvalue weighted by atomic mass is 32.1. The van der Waals surface area contributed by atoms with E-state index in [1.54, 1.807) is 18.1 Å². The van der Waals surface area contributed by atoms with Gasteiger partial charge < -0.3 is 9.26 Å². The third-order valence-corrected chi connectivity index (χ3v) is 6.57. The summed E-state index contributed by atoms with van der Waals surface area (Å²) in [6.07, 6.45) is 0. The molecule has 5 aromatic rings. The number of aromatic nitrogens is 2. The molecule has 6 nitrogen and oxygen atoms in total. The van der Waals surface area contributed by atoms with E-state index in [0.717, 1.165) is 26.9 Å². The quantitative estimate of drug-likeness (QED) is 0.309. The summed E-state index contributed by atoms with van der Waals surface area (Å²) in [7, 11) is 1.62. The maximum absolute atomic E-state index is 13.6. The van der Waals surface area contributed by atoms with E-state index in [-0.39, 0.29) is 11.6 Å². The van der Waals surface area contributed by atoms with E-state index in [2.05, 4.69) is 5.16 Å². The number of anilines is 1. The van der Waals surface area contributed by atoms with Crippen molar-refractivity contribution < 1.29 is 14.1 Å². The van der Waals surface area contributed by atoms with Gasteiger partial charge in [-0.2, -0.15) is 0 Å². The largest absolute Gasteiger partial charge is 0.494 e. The zero-order chi connectivity index (χ0) is 22.8. The Morgan fingerprint density at radius 1 is 1.03 bits per heavy atom. The van der Waals surface area contributed by atoms with Crippen LogP contribution in [0.25, 0.3) is 21.5 Å². The molecule has 0 aliphatic carbocycles. The molecule has 164 valence electrons. The van der Waals surface area contributed by atoms with Crippen molar-refractivity contribution in [2.24, 2.45) is 0 Å². The standard InChI is InChI=1S/C26H21N3O3S/c1-17-13-14-21(31-2)23-24(17)33-26(27-23)29(16-18-9-5-3-6-10-18)25(30)20-15-22(32-28-20)19-11-7-4-8-12-19/h3-15H,16H2,1-2H3. The van der Waals surface area contributed by atoms with E-state index in [9.17, 15) is 4.79 Å². The van der Waals surface area contributed by atoms with Crippen molar-refractivity contribution in [2.45, 2.75) is 13.5 Å². The maximum Gasteiger partial charge on any atom is 0.282 e. The van der Waals surface area contributed by atoms with E-state index < -0.39 is 0 Å². The number of benzene rings is 3. The van der Waals surface area contributed by atoms with Crippen LogP contribution in [0.15, 0.2) is 83.4 Å². The SMILES string of the molecule is COc1ccc(C)c2sc(N(Cc3ccccc3)C(=O)c3cc(-c4ccccc4)on3)nc12. The molecule has 0 atom stereocenters. The summed E-state index contributed by atoms with van der Waals surface area (Å²) in [6.45, 7) is 2.38. The van der Waals surface area contributed by atoms with Gasteiger partial charge in [0.1, 0.15) is 11.3 Å². The first-order valence-electron chi connectivity index (χ1n) is 10.5. The molecule has 0 unspecified atom stereocenters. The van der Waals surface area contributed by atoms with Crippen LogP contribution < -0.4 is 9.64 Å². The highest BCUT2D eigenvalue weighted by Gasteiger charge is 2.26. The molecule has 0 spiro atoms. The first kappa shape index (κ1) is 20.9. The number of hydrogen-bond acceptors (Lipinski definition) is 6. The van der Waals surface area contributed by atoms with Gasteiger partial charge in [-0.25, -0.2) is 4.98 Å². The molecule has 2 heterocycles. The Kier molecular flexibility index (Phi) is 5.62. The predicted octanol–water partition coefficient (Wildman–Crippen LogP) is 6.12. The van der Waals surface area contributed by atoms with Gasteiger partial charge in [-0.05, 0) is 24.1 Å². The van der Waals surface area contributed by atoms with E-state index in [1.807, 2.05) is 79.7 Å². The molecule has 33 heavy (non-hydrogen) atoms. The fraction of sp³-hybridized carbons (Fsp3) is 0.115. The van der Waals surface area contributed by atoms with E-state index in [0.29, 0.717) is 23.2 Å². The fourth-order valence-corrected chi connectivity index (χ4v) is 4.67. The lowest BCUT2D eigenvalue weighted by Crippen LogP contribution is -2.30. The van der Waals surface area contributed by atoms with Gasteiger partial charge in [-0.1, -0.05) is 83.2 Å². The van der Waals surface area contributed by atoms with E-state index >= 15 is 0 Å². The highest BCUT2D eigenvalue weighted by molar-refractivity contribution is 7.22. The van der Waals surface area contributed by atoms with Crippen molar-refractivity contribution in [3.05, 3.63) is 95.7 Å². The van der Waals surface area contributed by atoms with Gasteiger partial charge in [-0.3, -0.25) is 9.69 Å². The molecule has 0 aliphatic heterocycles. The van der Waals surface area contributed by atoms with Crippen molar-refractivity contribution in [1.29, 1.82) is 0 Å². The second-order valence-corrected chi connectivity index (χ2v) is 8.56. The lowest BCUT2D eigenvalue weighted by atomic mass is 10.1. The van der Waals surface area contributed by atoms with Gasteiger partial charge in [0.2, 0.25) is 0 Å². The number of rotatable bonds is 6. The number of thiazole rings is 1. The molecule has 1 amide bonds. The third-order valence-electron chi connectivity index (χ3n) is 5.36. The summed E-state index contributed by atoms with van der Waals surface area (Å²) in [5.74, 6) is 0.943. The van der Waals surface area contributed by atoms with Crippen LogP contribution in [0.2, 0.25) is 0 Å². The molecule has 5 rings (SSSR count). The van der Waals surface area contributed by atoms with Crippen molar-refractivity contribution in [3.63, 3.8) is 0 Å². The van der Waals surface area contributed by atoms with E-state index in [1.165, 1.54) is 11.3 Å². The molecular formula is C26H21N3O3S. The molecule has 0 saturated heterocycles. The van der Waals surface area contributed by atoms with Crippen LogP contribution in [0.4, 0.5) is 5.13 Å². The number of nitrogens with zero attached hydrogens (tertiary/aromatic N) is 3. The van der Waals surface area contributed by atoms with Gasteiger partial charge in [0, 0.05) is 11.6 Å². The molecule has 0 aliphatic rings. The number of methoxy groups -OCH3 is 1. The first-order chi connectivity index (χ1) is 16.1. The van der Waals surface area contributed by atoms with Gasteiger partial charge in [0.05, 0.1) is 18.4 Å². The van der Waals surface area contributed by atoms with Crippen LogP contribution in [0, 0.1) is 6.92 Å². The minimum Gasteiger partial charge on any atom is -0.494 e. The molecule has 7 heteroatoms. The molecule has 0 saturated carbocycles. The number of fused-ring (bicyclic) bond motifs is 1. The predicted molar refractivity (Wildman–Crippen MR) is 130 cm³/mol. The summed E-state index contributed by atoms with van der Waals surface area (Å²) in [5, 5.41) is 4.65. The Morgan fingerprint density at radius 3 is 2.48 bits per heavy atom. The van der Waals surface area contributed by atoms with Crippen molar-refractivity contribution >= 4 is 32.6 Å². The van der Waals surface area contributed by atoms with Crippen LogP contribution in [0.5, 0.6) is 5.75 Å². The molecular weight excluding hydrogens is 434 g/mol. The number of ether oxygens (including phenoxy) is 1. The number of carbonyl (C=O) groups excluding carboxylic acids is 1. The minimum atomic E-state index is -0.277. The Balaban J connectivity index is 1.57. The zero-order valence-electron chi connectivity index (χ0n) is 18.2. The van der Waals surface area contributed by atoms with Crippen molar-refractivity contribution in [2.75, 3.05) is 12.0 Å². The normalized spacial score (nSPS) is 11.0. The van der Waals surface area contributed by atoms with Crippen LogP contribution in [0.1, 0.15) is 21.6 Å². The zero-order valence-corrected chi connectivity index (χ0v) is 19.0. The Hall–Kier alpha value is -3.97. The average Bonchev–Trinajstić information content (AvgIpc) is 3.52. The number of aryl methyl sites for hydroxylation is 1. The first-order valence-corrected chi connectivity index (χ1v) is 11.3. The maximum atomic E-state index is 13.6.